The van der Waals surface area contributed by atoms with Crippen LogP contribution in [0.25, 0.3) is 0 Å². The van der Waals surface area contributed by atoms with Gasteiger partial charge < -0.3 is 9.84 Å². The van der Waals surface area contributed by atoms with Crippen molar-refractivity contribution >= 4 is 11.8 Å². The minimum absolute atomic E-state index is 0.0131. The number of ether oxygens (including phenoxy) is 1. The van der Waals surface area contributed by atoms with E-state index in [1.807, 2.05) is 6.92 Å². The highest BCUT2D eigenvalue weighted by Crippen LogP contribution is 2.75. The van der Waals surface area contributed by atoms with Gasteiger partial charge in [-0.2, -0.15) is 0 Å². The number of carbonyl (C=O) groups excluding carboxylic acids is 2. The van der Waals surface area contributed by atoms with Crippen molar-refractivity contribution in [2.45, 2.75) is 132 Å². The first kappa shape index (κ1) is 27.9. The predicted octanol–water partition coefficient (Wildman–Crippen LogP) is 7.28. The molecule has 0 aromatic rings. The van der Waals surface area contributed by atoms with Gasteiger partial charge in [0.1, 0.15) is 11.9 Å². The molecule has 0 aliphatic heterocycles. The number of ketones is 1. The first-order chi connectivity index (χ1) is 16.5. The molecular weight excluding hydrogens is 448 g/mol. The molecule has 9 atom stereocenters. The van der Waals surface area contributed by atoms with E-state index in [0.29, 0.717) is 24.0 Å². The van der Waals surface area contributed by atoms with Crippen LogP contribution in [0.1, 0.15) is 120 Å². The smallest absolute Gasteiger partial charge is 0.302 e. The molecule has 1 N–H and O–H groups in total. The normalized spacial score (nSPS) is 45.1. The average Bonchev–Trinajstić information content (AvgIpc) is 3.12. The lowest BCUT2D eigenvalue weighted by Gasteiger charge is -2.70. The number of hydrogen-bond donors (Lipinski definition) is 1. The number of allylic oxidation sites excluding steroid dienone is 2. The Morgan fingerprint density at radius 2 is 1.67 bits per heavy atom. The molecule has 0 saturated heterocycles. The first-order valence-electron chi connectivity index (χ1n) is 14.6. The summed E-state index contributed by atoms with van der Waals surface area (Å²) in [6, 6.07) is 0. The van der Waals surface area contributed by atoms with Crippen molar-refractivity contribution in [1.29, 1.82) is 0 Å². The molecule has 0 bridgehead atoms. The van der Waals surface area contributed by atoms with Gasteiger partial charge in [0.2, 0.25) is 0 Å². The van der Waals surface area contributed by atoms with Crippen molar-refractivity contribution in [2.24, 2.45) is 45.3 Å². The Balaban J connectivity index is 1.75. The highest BCUT2D eigenvalue weighted by molar-refractivity contribution is 5.85. The molecule has 4 heteroatoms. The van der Waals surface area contributed by atoms with Crippen LogP contribution in [0.3, 0.4) is 0 Å². The summed E-state index contributed by atoms with van der Waals surface area (Å²) < 4.78 is 6.20. The van der Waals surface area contributed by atoms with Gasteiger partial charge in [0.25, 0.3) is 0 Å². The van der Waals surface area contributed by atoms with Crippen molar-refractivity contribution < 1.29 is 19.4 Å². The topological polar surface area (TPSA) is 63.6 Å². The van der Waals surface area contributed by atoms with E-state index in [-0.39, 0.29) is 45.6 Å². The van der Waals surface area contributed by atoms with Crippen LogP contribution in [0.5, 0.6) is 0 Å². The fraction of sp³-hybridized carbons (Fsp3) is 0.875. The predicted molar refractivity (Wildman–Crippen MR) is 144 cm³/mol. The first-order valence-corrected chi connectivity index (χ1v) is 14.6. The summed E-state index contributed by atoms with van der Waals surface area (Å²) in [7, 11) is 0. The van der Waals surface area contributed by atoms with Gasteiger partial charge in [-0.3, -0.25) is 9.59 Å². The number of carbonyl (C=O) groups is 2. The van der Waals surface area contributed by atoms with Crippen molar-refractivity contribution in [2.75, 3.05) is 0 Å². The van der Waals surface area contributed by atoms with Gasteiger partial charge in [-0.05, 0) is 106 Å². The molecule has 0 spiro atoms. The molecule has 0 aromatic carbocycles. The highest BCUT2D eigenvalue weighted by Gasteiger charge is 2.72. The van der Waals surface area contributed by atoms with Gasteiger partial charge in [-0.25, -0.2) is 0 Å². The maximum absolute atomic E-state index is 13.0. The molecule has 0 radical (unpaired) electrons. The van der Waals surface area contributed by atoms with Crippen LogP contribution in [-0.4, -0.2) is 28.6 Å². The number of rotatable bonds is 5. The second kappa shape index (κ2) is 8.95. The molecule has 204 valence electrons. The maximum Gasteiger partial charge on any atom is 0.302 e. The Morgan fingerprint density at radius 3 is 2.28 bits per heavy atom. The van der Waals surface area contributed by atoms with E-state index < -0.39 is 5.60 Å². The summed E-state index contributed by atoms with van der Waals surface area (Å²) in [5.41, 5.74) is 0.334. The number of esters is 1. The number of Topliss-reactive ketones (excluding diaryl/α,β-unsaturated/α-hetero) is 1. The molecule has 4 rings (SSSR count). The maximum atomic E-state index is 13.0. The zero-order valence-electron chi connectivity index (χ0n) is 24.5. The summed E-state index contributed by atoms with van der Waals surface area (Å²) in [6.07, 6.45) is 10.4. The molecule has 0 aromatic heterocycles. The molecule has 0 heterocycles. The molecule has 0 amide bonds. The third kappa shape index (κ3) is 4.03. The van der Waals surface area contributed by atoms with Crippen LogP contribution in [0, 0.1) is 45.3 Å². The lowest BCUT2D eigenvalue weighted by molar-refractivity contribution is -0.237. The van der Waals surface area contributed by atoms with E-state index in [9.17, 15) is 14.7 Å². The van der Waals surface area contributed by atoms with E-state index in [1.54, 1.807) is 0 Å². The minimum Gasteiger partial charge on any atom is -0.462 e. The Kier molecular flexibility index (Phi) is 6.93. The van der Waals surface area contributed by atoms with E-state index in [4.69, 9.17) is 4.74 Å². The Bertz CT molecular complexity index is 926. The molecule has 4 nitrogen and oxygen atoms in total. The van der Waals surface area contributed by atoms with Crippen LogP contribution in [0.2, 0.25) is 0 Å². The van der Waals surface area contributed by atoms with Gasteiger partial charge in [0, 0.05) is 24.7 Å². The molecule has 36 heavy (non-hydrogen) atoms. The van der Waals surface area contributed by atoms with Crippen LogP contribution in [-0.2, 0) is 14.3 Å². The number of fused-ring (bicyclic) bond motifs is 5. The molecular formula is C32H52O4. The van der Waals surface area contributed by atoms with Crippen LogP contribution >= 0.6 is 0 Å². The quantitative estimate of drug-likeness (QED) is 0.318. The third-order valence-electron chi connectivity index (χ3n) is 12.4. The van der Waals surface area contributed by atoms with E-state index in [0.717, 1.165) is 51.4 Å². The Labute approximate surface area is 220 Å². The third-order valence-corrected chi connectivity index (χ3v) is 12.4. The summed E-state index contributed by atoms with van der Waals surface area (Å²) in [4.78, 5) is 25.4. The summed E-state index contributed by atoms with van der Waals surface area (Å²) >= 11 is 0. The van der Waals surface area contributed by atoms with E-state index >= 15 is 0 Å². The molecule has 4 fully saturated rings. The standard InChI is InChI=1S/C32H52O4/c1-20(2)11-10-15-32(9,35)22-12-17-31(8)27(22)23(36-21(3)33)19-25-29(6)16-14-26(34)28(4,5)24(29)13-18-30(25,31)7/h11,22-25,27,35H,10,12-19H2,1-9H3. The fourth-order valence-corrected chi connectivity index (χ4v) is 10.4. The highest BCUT2D eigenvalue weighted by atomic mass is 16.5. The van der Waals surface area contributed by atoms with E-state index in [1.165, 1.54) is 12.5 Å². The summed E-state index contributed by atoms with van der Waals surface area (Å²) in [5.74, 6) is 1.24. The van der Waals surface area contributed by atoms with Gasteiger partial charge in [0.15, 0.2) is 0 Å². The molecule has 4 aliphatic carbocycles. The monoisotopic (exact) mass is 500 g/mol. The second-order valence-electron chi connectivity index (χ2n) is 14.9. The fourth-order valence-electron chi connectivity index (χ4n) is 10.4. The zero-order chi connectivity index (χ0) is 26.9. The molecule has 4 saturated carbocycles. The molecule has 9 unspecified atom stereocenters. The van der Waals surface area contributed by atoms with Crippen molar-refractivity contribution in [3.05, 3.63) is 11.6 Å². The van der Waals surface area contributed by atoms with Gasteiger partial charge >= 0.3 is 5.97 Å². The van der Waals surface area contributed by atoms with Gasteiger partial charge in [-0.1, -0.05) is 46.3 Å². The van der Waals surface area contributed by atoms with Crippen molar-refractivity contribution in [3.63, 3.8) is 0 Å². The largest absolute Gasteiger partial charge is 0.462 e. The lowest BCUT2D eigenvalue weighted by atomic mass is 9.35. The van der Waals surface area contributed by atoms with Crippen LogP contribution in [0.15, 0.2) is 11.6 Å². The summed E-state index contributed by atoms with van der Waals surface area (Å²) in [6.45, 7) is 19.5. The SMILES string of the molecule is CC(=O)OC1CC2C3(C)CCC(=O)C(C)(C)C3CCC2(C)C2(C)CCC(C(C)(O)CCC=C(C)C)C12. The minimum atomic E-state index is -0.795. The van der Waals surface area contributed by atoms with Crippen LogP contribution in [0.4, 0.5) is 0 Å². The van der Waals surface area contributed by atoms with Crippen molar-refractivity contribution in [1.82, 2.24) is 0 Å². The van der Waals surface area contributed by atoms with Crippen molar-refractivity contribution in [3.8, 4) is 0 Å². The Morgan fingerprint density at radius 1 is 1.03 bits per heavy atom. The zero-order valence-corrected chi connectivity index (χ0v) is 24.5. The molecule has 4 aliphatic rings. The number of aliphatic hydroxyl groups is 1. The average molecular weight is 501 g/mol. The van der Waals surface area contributed by atoms with E-state index in [2.05, 4.69) is 54.5 Å². The second-order valence-corrected chi connectivity index (χ2v) is 14.9. The summed E-state index contributed by atoms with van der Waals surface area (Å²) in [5, 5.41) is 11.8. The lowest BCUT2D eigenvalue weighted by Crippen LogP contribution is -2.66. The van der Waals surface area contributed by atoms with Gasteiger partial charge in [-0.15, -0.1) is 0 Å². The number of hydrogen-bond acceptors (Lipinski definition) is 4. The van der Waals surface area contributed by atoms with Crippen LogP contribution < -0.4 is 0 Å². The Hall–Kier alpha value is -1.16. The van der Waals surface area contributed by atoms with Gasteiger partial charge in [0.05, 0.1) is 5.60 Å².